The fourth-order valence-corrected chi connectivity index (χ4v) is 3.10. The van der Waals surface area contributed by atoms with Gasteiger partial charge in [-0.25, -0.2) is 9.78 Å². The van der Waals surface area contributed by atoms with Crippen LogP contribution in [0.5, 0.6) is 0 Å². The van der Waals surface area contributed by atoms with Crippen molar-refractivity contribution in [2.75, 3.05) is 38.1 Å². The van der Waals surface area contributed by atoms with Gasteiger partial charge in [0, 0.05) is 37.1 Å². The molecule has 0 amide bonds. The highest BCUT2D eigenvalue weighted by Crippen LogP contribution is 2.26. The molecule has 0 atom stereocenters. The normalized spacial score (nSPS) is 16.1. The number of piperazine rings is 1. The van der Waals surface area contributed by atoms with Gasteiger partial charge in [-0.2, -0.15) is 11.3 Å². The summed E-state index contributed by atoms with van der Waals surface area (Å²) in [6.45, 7) is 3.45. The molecule has 2 aromatic heterocycles. The van der Waals surface area contributed by atoms with E-state index in [9.17, 15) is 9.90 Å². The summed E-state index contributed by atoms with van der Waals surface area (Å²) in [6, 6.07) is 5.45. The number of hydrogen-bond donors (Lipinski definition) is 1. The Morgan fingerprint density at radius 2 is 2.00 bits per heavy atom. The molecule has 2 aromatic rings. The van der Waals surface area contributed by atoms with Crippen molar-refractivity contribution in [1.29, 1.82) is 0 Å². The van der Waals surface area contributed by atoms with Crippen molar-refractivity contribution in [3.05, 3.63) is 34.5 Å². The molecule has 0 radical (unpaired) electrons. The van der Waals surface area contributed by atoms with Crippen molar-refractivity contribution < 1.29 is 9.90 Å². The second-order valence-electron chi connectivity index (χ2n) is 5.18. The highest BCUT2D eigenvalue weighted by Gasteiger charge is 2.22. The maximum Gasteiger partial charge on any atom is 0.339 e. The fraction of sp³-hybridized carbons (Fsp3) is 0.333. The van der Waals surface area contributed by atoms with Crippen LogP contribution in [0.4, 0.5) is 5.82 Å². The Bertz CT molecular complexity index is 634. The Morgan fingerprint density at radius 1 is 1.24 bits per heavy atom. The Labute approximate surface area is 127 Å². The average molecular weight is 303 g/mol. The molecule has 3 rings (SSSR count). The average Bonchev–Trinajstić information content (AvgIpc) is 3.01. The number of carboxylic acid groups (broad SMARTS) is 1. The Morgan fingerprint density at radius 3 is 2.62 bits per heavy atom. The summed E-state index contributed by atoms with van der Waals surface area (Å²) in [5.41, 5.74) is 2.14. The quantitative estimate of drug-likeness (QED) is 0.942. The van der Waals surface area contributed by atoms with Gasteiger partial charge in [0.05, 0.1) is 5.69 Å². The molecule has 1 N–H and O–H groups in total. The van der Waals surface area contributed by atoms with Crippen LogP contribution in [0.2, 0.25) is 0 Å². The summed E-state index contributed by atoms with van der Waals surface area (Å²) in [5.74, 6) is -0.340. The molecule has 0 aliphatic carbocycles. The van der Waals surface area contributed by atoms with Crippen LogP contribution in [0.15, 0.2) is 29.0 Å². The van der Waals surface area contributed by atoms with Crippen LogP contribution in [0.3, 0.4) is 0 Å². The van der Waals surface area contributed by atoms with Gasteiger partial charge in [-0.1, -0.05) is 0 Å². The van der Waals surface area contributed by atoms with E-state index >= 15 is 0 Å². The lowest BCUT2D eigenvalue weighted by atomic mass is 10.1. The van der Waals surface area contributed by atoms with Crippen molar-refractivity contribution in [3.63, 3.8) is 0 Å². The molecular weight excluding hydrogens is 286 g/mol. The van der Waals surface area contributed by atoms with E-state index in [0.717, 1.165) is 37.4 Å². The summed E-state index contributed by atoms with van der Waals surface area (Å²) in [4.78, 5) is 20.4. The van der Waals surface area contributed by atoms with Crippen LogP contribution in [0, 0.1) is 0 Å². The molecule has 6 heteroatoms. The number of thiophene rings is 1. The SMILES string of the molecule is CN1CCN(c2nc(-c3ccsc3)ccc2C(=O)O)CC1. The van der Waals surface area contributed by atoms with Crippen molar-refractivity contribution >= 4 is 23.1 Å². The number of rotatable bonds is 3. The van der Waals surface area contributed by atoms with E-state index in [4.69, 9.17) is 0 Å². The molecule has 1 saturated heterocycles. The number of pyridine rings is 1. The van der Waals surface area contributed by atoms with Gasteiger partial charge in [-0.05, 0) is 30.6 Å². The van der Waals surface area contributed by atoms with Crippen molar-refractivity contribution in [2.24, 2.45) is 0 Å². The predicted molar refractivity (Wildman–Crippen MR) is 84.2 cm³/mol. The second-order valence-corrected chi connectivity index (χ2v) is 5.96. The second kappa shape index (κ2) is 5.83. The first kappa shape index (κ1) is 14.0. The molecule has 0 spiro atoms. The van der Waals surface area contributed by atoms with E-state index in [0.29, 0.717) is 5.82 Å². The van der Waals surface area contributed by atoms with E-state index in [-0.39, 0.29) is 5.56 Å². The number of anilines is 1. The van der Waals surface area contributed by atoms with Gasteiger partial charge >= 0.3 is 5.97 Å². The molecule has 1 fully saturated rings. The zero-order valence-corrected chi connectivity index (χ0v) is 12.6. The molecule has 1 aliphatic heterocycles. The number of aromatic carboxylic acids is 1. The van der Waals surface area contributed by atoms with Crippen LogP contribution in [-0.4, -0.2) is 54.2 Å². The summed E-state index contributed by atoms with van der Waals surface area (Å²) in [6.07, 6.45) is 0. The lowest BCUT2D eigenvalue weighted by molar-refractivity contribution is 0.0697. The predicted octanol–water partition coefficient (Wildman–Crippen LogP) is 2.26. The molecule has 3 heterocycles. The molecule has 5 nitrogen and oxygen atoms in total. The number of nitrogens with zero attached hydrogens (tertiary/aromatic N) is 3. The highest BCUT2D eigenvalue weighted by atomic mass is 32.1. The maximum absolute atomic E-state index is 11.5. The fourth-order valence-electron chi connectivity index (χ4n) is 2.45. The minimum atomic E-state index is -0.923. The largest absolute Gasteiger partial charge is 0.478 e. The lowest BCUT2D eigenvalue weighted by Crippen LogP contribution is -2.45. The van der Waals surface area contributed by atoms with Gasteiger partial charge in [0.25, 0.3) is 0 Å². The molecule has 0 bridgehead atoms. The van der Waals surface area contributed by atoms with E-state index in [1.165, 1.54) is 0 Å². The zero-order chi connectivity index (χ0) is 14.8. The zero-order valence-electron chi connectivity index (χ0n) is 11.8. The van der Waals surface area contributed by atoms with Crippen molar-refractivity contribution in [1.82, 2.24) is 9.88 Å². The molecule has 110 valence electrons. The summed E-state index contributed by atoms with van der Waals surface area (Å²) >= 11 is 1.61. The third-order valence-corrected chi connectivity index (χ3v) is 4.41. The van der Waals surface area contributed by atoms with E-state index in [2.05, 4.69) is 21.8 Å². The van der Waals surface area contributed by atoms with Crippen LogP contribution in [0.1, 0.15) is 10.4 Å². The summed E-state index contributed by atoms with van der Waals surface area (Å²) < 4.78 is 0. The van der Waals surface area contributed by atoms with Crippen LogP contribution in [-0.2, 0) is 0 Å². The van der Waals surface area contributed by atoms with Crippen LogP contribution >= 0.6 is 11.3 Å². The third kappa shape index (κ3) is 2.91. The van der Waals surface area contributed by atoms with E-state index in [1.807, 2.05) is 16.8 Å². The van der Waals surface area contributed by atoms with Crippen LogP contribution in [0.25, 0.3) is 11.3 Å². The first-order valence-electron chi connectivity index (χ1n) is 6.85. The van der Waals surface area contributed by atoms with Crippen molar-refractivity contribution in [3.8, 4) is 11.3 Å². The summed E-state index contributed by atoms with van der Waals surface area (Å²) in [7, 11) is 2.07. The molecule has 1 aliphatic rings. The van der Waals surface area contributed by atoms with Gasteiger partial charge in [0.1, 0.15) is 11.4 Å². The summed E-state index contributed by atoms with van der Waals surface area (Å²) in [5, 5.41) is 13.4. The Kier molecular flexibility index (Phi) is 3.90. The lowest BCUT2D eigenvalue weighted by Gasteiger charge is -2.34. The highest BCUT2D eigenvalue weighted by molar-refractivity contribution is 7.08. The molecule has 21 heavy (non-hydrogen) atoms. The van der Waals surface area contributed by atoms with Gasteiger partial charge in [-0.3, -0.25) is 0 Å². The molecule has 0 aromatic carbocycles. The number of hydrogen-bond acceptors (Lipinski definition) is 5. The van der Waals surface area contributed by atoms with Gasteiger partial charge in [0.2, 0.25) is 0 Å². The molecular formula is C15H17N3O2S. The number of likely N-dealkylation sites (N-methyl/N-ethyl adjacent to an activating group) is 1. The van der Waals surface area contributed by atoms with Gasteiger partial charge in [-0.15, -0.1) is 0 Å². The topological polar surface area (TPSA) is 56.7 Å². The number of carbonyl (C=O) groups is 1. The smallest absolute Gasteiger partial charge is 0.339 e. The first-order chi connectivity index (χ1) is 10.1. The van der Waals surface area contributed by atoms with E-state index < -0.39 is 5.97 Å². The third-order valence-electron chi connectivity index (χ3n) is 3.73. The van der Waals surface area contributed by atoms with E-state index in [1.54, 1.807) is 23.5 Å². The minimum absolute atomic E-state index is 0.276. The number of aromatic nitrogens is 1. The number of carboxylic acids is 1. The minimum Gasteiger partial charge on any atom is -0.478 e. The first-order valence-corrected chi connectivity index (χ1v) is 7.80. The standard InChI is InChI=1S/C15H17N3O2S/c1-17-5-7-18(8-6-17)14-12(15(19)20)2-3-13(16-14)11-4-9-21-10-11/h2-4,9-10H,5-8H2,1H3,(H,19,20). The Balaban J connectivity index is 1.99. The van der Waals surface area contributed by atoms with Crippen LogP contribution < -0.4 is 4.90 Å². The molecule has 0 unspecified atom stereocenters. The van der Waals surface area contributed by atoms with Gasteiger partial charge in [0.15, 0.2) is 0 Å². The maximum atomic E-state index is 11.5. The van der Waals surface area contributed by atoms with Crippen molar-refractivity contribution in [2.45, 2.75) is 0 Å². The molecule has 0 saturated carbocycles. The Hall–Kier alpha value is -1.92. The van der Waals surface area contributed by atoms with Gasteiger partial charge < -0.3 is 14.9 Å². The monoisotopic (exact) mass is 303 g/mol.